The number of H-pyrrole nitrogens is 1. The van der Waals surface area contributed by atoms with Gasteiger partial charge in [0.05, 0.1) is 12.5 Å². The van der Waals surface area contributed by atoms with E-state index < -0.39 is 0 Å². The van der Waals surface area contributed by atoms with Gasteiger partial charge in [-0.2, -0.15) is 0 Å². The Morgan fingerprint density at radius 2 is 2.00 bits per heavy atom. The smallest absolute Gasteiger partial charge is 0.310 e. The summed E-state index contributed by atoms with van der Waals surface area (Å²) in [4.78, 5) is 29.7. The lowest BCUT2D eigenvalue weighted by atomic mass is 9.97. The molecular formula is C25H29N3O3. The van der Waals surface area contributed by atoms with Crippen molar-refractivity contribution < 1.29 is 9.53 Å². The van der Waals surface area contributed by atoms with Gasteiger partial charge in [0.1, 0.15) is 0 Å². The Labute approximate surface area is 182 Å². The molecule has 0 radical (unpaired) electrons. The van der Waals surface area contributed by atoms with Crippen LogP contribution in [-0.4, -0.2) is 30.6 Å². The van der Waals surface area contributed by atoms with Gasteiger partial charge in [-0.25, -0.2) is 0 Å². The molecule has 0 spiro atoms. The molecule has 0 saturated carbocycles. The molecule has 4 rings (SSSR count). The van der Waals surface area contributed by atoms with Crippen LogP contribution in [0.4, 0.5) is 11.4 Å². The van der Waals surface area contributed by atoms with Gasteiger partial charge in [-0.05, 0) is 74.0 Å². The lowest BCUT2D eigenvalue weighted by molar-refractivity contribution is -0.148. The molecule has 1 atom stereocenters. The summed E-state index contributed by atoms with van der Waals surface area (Å²) in [5.74, 6) is -0.156. The van der Waals surface area contributed by atoms with Crippen LogP contribution in [0.5, 0.6) is 0 Å². The van der Waals surface area contributed by atoms with Crippen molar-refractivity contribution >= 4 is 28.2 Å². The second kappa shape index (κ2) is 9.25. The molecule has 0 bridgehead atoms. The van der Waals surface area contributed by atoms with E-state index in [0.717, 1.165) is 47.2 Å². The van der Waals surface area contributed by atoms with E-state index in [1.807, 2.05) is 50.2 Å². The van der Waals surface area contributed by atoms with Gasteiger partial charge in [0, 0.05) is 42.1 Å². The molecule has 0 amide bonds. The molecule has 2 heterocycles. The van der Waals surface area contributed by atoms with Crippen LogP contribution in [0.25, 0.3) is 10.9 Å². The molecule has 1 saturated heterocycles. The standard InChI is InChI=1S/C25H29N3O3/c1-3-31-25(30)19-5-4-12-28(16-19)22-10-8-21(9-11-22)26-15-20-14-18-7-6-17(2)13-23(18)27-24(20)29/h6-11,13-14,19,26H,3-5,12,15-16H2,1-2H3,(H,27,29). The number of hydrogen-bond donors (Lipinski definition) is 2. The number of aromatic amines is 1. The van der Waals surface area contributed by atoms with Crippen LogP contribution in [0.1, 0.15) is 30.9 Å². The van der Waals surface area contributed by atoms with Crippen LogP contribution in [0.3, 0.4) is 0 Å². The van der Waals surface area contributed by atoms with Gasteiger partial charge in [-0.3, -0.25) is 9.59 Å². The summed E-state index contributed by atoms with van der Waals surface area (Å²) in [6.45, 7) is 6.36. The molecular weight excluding hydrogens is 390 g/mol. The number of aromatic nitrogens is 1. The number of aryl methyl sites for hydroxylation is 1. The Morgan fingerprint density at radius 1 is 1.19 bits per heavy atom. The zero-order chi connectivity index (χ0) is 21.8. The van der Waals surface area contributed by atoms with Crippen molar-refractivity contribution in [1.82, 2.24) is 4.98 Å². The highest BCUT2D eigenvalue weighted by atomic mass is 16.5. The molecule has 1 aliphatic rings. The minimum Gasteiger partial charge on any atom is -0.466 e. The van der Waals surface area contributed by atoms with E-state index in [1.165, 1.54) is 0 Å². The average Bonchev–Trinajstić information content (AvgIpc) is 2.78. The predicted octanol–water partition coefficient (Wildman–Crippen LogP) is 4.23. The molecule has 2 aromatic carbocycles. The van der Waals surface area contributed by atoms with Crippen molar-refractivity contribution in [2.45, 2.75) is 33.2 Å². The summed E-state index contributed by atoms with van der Waals surface area (Å²) in [6.07, 6.45) is 1.86. The third-order valence-corrected chi connectivity index (χ3v) is 5.84. The number of anilines is 2. The van der Waals surface area contributed by atoms with E-state index in [0.29, 0.717) is 25.3 Å². The molecule has 1 aromatic heterocycles. The molecule has 162 valence electrons. The number of hydrogen-bond acceptors (Lipinski definition) is 5. The van der Waals surface area contributed by atoms with Crippen molar-refractivity contribution in [2.24, 2.45) is 5.92 Å². The minimum absolute atomic E-state index is 0.0603. The third kappa shape index (κ3) is 4.90. The Kier molecular flexibility index (Phi) is 6.26. The number of benzene rings is 2. The molecule has 3 aromatic rings. The number of fused-ring (bicyclic) bond motifs is 1. The van der Waals surface area contributed by atoms with Crippen LogP contribution >= 0.6 is 0 Å². The van der Waals surface area contributed by atoms with Crippen LogP contribution < -0.4 is 15.8 Å². The fourth-order valence-electron chi connectivity index (χ4n) is 4.14. The normalized spacial score (nSPS) is 16.3. The van der Waals surface area contributed by atoms with Crippen molar-refractivity contribution in [3.05, 3.63) is 70.0 Å². The van der Waals surface area contributed by atoms with E-state index in [1.54, 1.807) is 0 Å². The molecule has 1 unspecified atom stereocenters. The summed E-state index contributed by atoms with van der Waals surface area (Å²) in [5, 5.41) is 4.37. The summed E-state index contributed by atoms with van der Waals surface area (Å²) in [6, 6.07) is 16.2. The maximum Gasteiger partial charge on any atom is 0.310 e. The van der Waals surface area contributed by atoms with Gasteiger partial charge < -0.3 is 19.9 Å². The Morgan fingerprint density at radius 3 is 2.77 bits per heavy atom. The summed E-state index contributed by atoms with van der Waals surface area (Å²) in [5.41, 5.74) is 4.66. The van der Waals surface area contributed by atoms with Crippen molar-refractivity contribution in [2.75, 3.05) is 29.9 Å². The number of carbonyl (C=O) groups is 1. The number of nitrogens with one attached hydrogen (secondary N) is 2. The zero-order valence-electron chi connectivity index (χ0n) is 18.1. The predicted molar refractivity (Wildman–Crippen MR) is 125 cm³/mol. The van der Waals surface area contributed by atoms with Crippen LogP contribution in [-0.2, 0) is 16.1 Å². The maximum atomic E-state index is 12.4. The van der Waals surface area contributed by atoms with Crippen LogP contribution in [0.15, 0.2) is 53.3 Å². The fourth-order valence-corrected chi connectivity index (χ4v) is 4.14. The number of piperidine rings is 1. The number of nitrogens with zero attached hydrogens (tertiary/aromatic N) is 1. The number of esters is 1. The number of ether oxygens (including phenoxy) is 1. The second-order valence-corrected chi connectivity index (χ2v) is 8.15. The average molecular weight is 420 g/mol. The van der Waals surface area contributed by atoms with Gasteiger partial charge in [-0.15, -0.1) is 0 Å². The first kappa shape index (κ1) is 21.0. The van der Waals surface area contributed by atoms with E-state index in [4.69, 9.17) is 4.74 Å². The van der Waals surface area contributed by atoms with E-state index in [2.05, 4.69) is 27.3 Å². The highest BCUT2D eigenvalue weighted by Crippen LogP contribution is 2.25. The molecule has 0 aliphatic carbocycles. The van der Waals surface area contributed by atoms with Crippen molar-refractivity contribution in [3.63, 3.8) is 0 Å². The van der Waals surface area contributed by atoms with Gasteiger partial charge in [-0.1, -0.05) is 12.1 Å². The summed E-state index contributed by atoms with van der Waals surface area (Å²) in [7, 11) is 0. The largest absolute Gasteiger partial charge is 0.466 e. The first-order valence-corrected chi connectivity index (χ1v) is 10.9. The summed E-state index contributed by atoms with van der Waals surface area (Å²) < 4.78 is 5.20. The Bertz CT molecular complexity index is 1120. The molecule has 2 N–H and O–H groups in total. The minimum atomic E-state index is -0.0961. The lowest BCUT2D eigenvalue weighted by Crippen LogP contribution is -2.39. The van der Waals surface area contributed by atoms with Gasteiger partial charge in [0.15, 0.2) is 0 Å². The topological polar surface area (TPSA) is 74.4 Å². The second-order valence-electron chi connectivity index (χ2n) is 8.15. The van der Waals surface area contributed by atoms with Crippen molar-refractivity contribution in [3.8, 4) is 0 Å². The monoisotopic (exact) mass is 419 g/mol. The SMILES string of the molecule is CCOC(=O)C1CCCN(c2ccc(NCc3cc4ccc(C)cc4[nH]c3=O)cc2)C1. The van der Waals surface area contributed by atoms with E-state index in [-0.39, 0.29) is 17.4 Å². The van der Waals surface area contributed by atoms with Crippen LogP contribution in [0.2, 0.25) is 0 Å². The first-order valence-electron chi connectivity index (χ1n) is 10.9. The number of carbonyl (C=O) groups excluding carboxylic acids is 1. The Hall–Kier alpha value is -3.28. The van der Waals surface area contributed by atoms with Gasteiger partial charge >= 0.3 is 5.97 Å². The molecule has 31 heavy (non-hydrogen) atoms. The van der Waals surface area contributed by atoms with E-state index >= 15 is 0 Å². The molecule has 6 nitrogen and oxygen atoms in total. The zero-order valence-corrected chi connectivity index (χ0v) is 18.1. The van der Waals surface area contributed by atoms with Crippen molar-refractivity contribution in [1.29, 1.82) is 0 Å². The molecule has 1 fully saturated rings. The highest BCUT2D eigenvalue weighted by Gasteiger charge is 2.26. The first-order chi connectivity index (χ1) is 15.0. The quantitative estimate of drug-likeness (QED) is 0.585. The molecule has 1 aliphatic heterocycles. The fraction of sp³-hybridized carbons (Fsp3) is 0.360. The van der Waals surface area contributed by atoms with Gasteiger partial charge in [0.25, 0.3) is 5.56 Å². The number of pyridine rings is 1. The van der Waals surface area contributed by atoms with Crippen LogP contribution in [0, 0.1) is 12.8 Å². The van der Waals surface area contributed by atoms with E-state index in [9.17, 15) is 9.59 Å². The van der Waals surface area contributed by atoms with Gasteiger partial charge in [0.2, 0.25) is 0 Å². The maximum absolute atomic E-state index is 12.4. The number of rotatable bonds is 6. The highest BCUT2D eigenvalue weighted by molar-refractivity contribution is 5.79. The molecule has 6 heteroatoms. The third-order valence-electron chi connectivity index (χ3n) is 5.84. The lowest BCUT2D eigenvalue weighted by Gasteiger charge is -2.33. The Balaban J connectivity index is 1.40. The summed E-state index contributed by atoms with van der Waals surface area (Å²) >= 11 is 0.